The van der Waals surface area contributed by atoms with E-state index < -0.39 is 17.4 Å². The molecule has 0 radical (unpaired) electrons. The smallest absolute Gasteiger partial charge is 0.339 e. The predicted octanol–water partition coefficient (Wildman–Crippen LogP) is 2.59. The summed E-state index contributed by atoms with van der Waals surface area (Å²) in [5, 5.41) is 6.81. The molecule has 3 aromatic rings. The van der Waals surface area contributed by atoms with Crippen molar-refractivity contribution < 1.29 is 19.1 Å². The molecule has 0 aliphatic carbocycles. The van der Waals surface area contributed by atoms with E-state index in [2.05, 4.69) is 10.4 Å². The first kappa shape index (κ1) is 19.8. The van der Waals surface area contributed by atoms with Crippen molar-refractivity contribution in [3.05, 3.63) is 81.8 Å². The van der Waals surface area contributed by atoms with Crippen LogP contribution < -0.4 is 15.6 Å². The van der Waals surface area contributed by atoms with Gasteiger partial charge >= 0.3 is 5.97 Å². The number of ether oxygens (including phenoxy) is 2. The number of nitrogens with one attached hydrogen (secondary N) is 1. The van der Waals surface area contributed by atoms with Crippen molar-refractivity contribution in [2.24, 2.45) is 0 Å². The standard InChI is InChI=1S/C21H19N3O5/c1-13-8-10-14(11-9-13)24-18(25)12-17(28-2)19(23-24)20(26)22-16-7-5-4-6-15(16)21(27)29-3/h4-12H,1-3H3,(H,22,26). The number of amides is 1. The van der Waals surface area contributed by atoms with E-state index in [0.717, 1.165) is 10.2 Å². The summed E-state index contributed by atoms with van der Waals surface area (Å²) in [4.78, 5) is 37.2. The van der Waals surface area contributed by atoms with Crippen molar-refractivity contribution in [1.82, 2.24) is 9.78 Å². The molecular weight excluding hydrogens is 374 g/mol. The predicted molar refractivity (Wildman–Crippen MR) is 107 cm³/mol. The molecule has 0 unspecified atom stereocenters. The molecule has 0 aliphatic rings. The minimum absolute atomic E-state index is 0.0198. The monoisotopic (exact) mass is 393 g/mol. The molecule has 29 heavy (non-hydrogen) atoms. The number of esters is 1. The first-order chi connectivity index (χ1) is 13.9. The van der Waals surface area contributed by atoms with Crippen LogP contribution in [-0.2, 0) is 4.74 Å². The summed E-state index contributed by atoms with van der Waals surface area (Å²) in [6.45, 7) is 1.92. The largest absolute Gasteiger partial charge is 0.494 e. The van der Waals surface area contributed by atoms with E-state index in [4.69, 9.17) is 9.47 Å². The van der Waals surface area contributed by atoms with E-state index >= 15 is 0 Å². The Morgan fingerprint density at radius 3 is 2.38 bits per heavy atom. The van der Waals surface area contributed by atoms with E-state index in [1.54, 1.807) is 30.3 Å². The van der Waals surface area contributed by atoms with Crippen molar-refractivity contribution >= 4 is 17.6 Å². The van der Waals surface area contributed by atoms with Crippen molar-refractivity contribution in [3.8, 4) is 11.4 Å². The fraction of sp³-hybridized carbons (Fsp3) is 0.143. The highest BCUT2D eigenvalue weighted by atomic mass is 16.5. The number of para-hydroxylation sites is 1. The highest BCUT2D eigenvalue weighted by Crippen LogP contribution is 2.20. The molecule has 8 nitrogen and oxygen atoms in total. The van der Waals surface area contributed by atoms with Crippen molar-refractivity contribution in [1.29, 1.82) is 0 Å². The molecule has 0 spiro atoms. The third-order valence-corrected chi connectivity index (χ3v) is 4.19. The second kappa shape index (κ2) is 8.39. The highest BCUT2D eigenvalue weighted by Gasteiger charge is 2.20. The van der Waals surface area contributed by atoms with Crippen LogP contribution in [-0.4, -0.2) is 35.9 Å². The van der Waals surface area contributed by atoms with Gasteiger partial charge in [-0.15, -0.1) is 0 Å². The van der Waals surface area contributed by atoms with Crippen LogP contribution in [0.15, 0.2) is 59.4 Å². The zero-order valence-corrected chi connectivity index (χ0v) is 16.1. The number of nitrogens with zero attached hydrogens (tertiary/aromatic N) is 2. The van der Waals surface area contributed by atoms with Crippen LogP contribution in [0.4, 0.5) is 5.69 Å². The summed E-state index contributed by atoms with van der Waals surface area (Å²) in [6, 6.07) is 14.7. The number of aromatic nitrogens is 2. The SMILES string of the molecule is COC(=O)c1ccccc1NC(=O)c1nn(-c2ccc(C)cc2)c(=O)cc1OC. The van der Waals surface area contributed by atoms with Crippen LogP contribution in [0, 0.1) is 6.92 Å². The van der Waals surface area contributed by atoms with Gasteiger partial charge in [-0.2, -0.15) is 9.78 Å². The molecule has 0 aliphatic heterocycles. The van der Waals surface area contributed by atoms with Crippen LogP contribution >= 0.6 is 0 Å². The Kier molecular flexibility index (Phi) is 5.73. The van der Waals surface area contributed by atoms with Crippen LogP contribution in [0.3, 0.4) is 0 Å². The van der Waals surface area contributed by atoms with Gasteiger partial charge in [0.05, 0.1) is 37.2 Å². The summed E-state index contributed by atoms with van der Waals surface area (Å²) >= 11 is 0. The van der Waals surface area contributed by atoms with Gasteiger partial charge < -0.3 is 14.8 Å². The fourth-order valence-corrected chi connectivity index (χ4v) is 2.69. The summed E-state index contributed by atoms with van der Waals surface area (Å²) in [5.74, 6) is -1.21. The van der Waals surface area contributed by atoms with Gasteiger partial charge in [0, 0.05) is 0 Å². The number of aryl methyl sites for hydroxylation is 1. The van der Waals surface area contributed by atoms with Crippen LogP contribution in [0.5, 0.6) is 5.75 Å². The summed E-state index contributed by atoms with van der Waals surface area (Å²) in [7, 11) is 2.59. The normalized spacial score (nSPS) is 10.3. The van der Waals surface area contributed by atoms with E-state index in [9.17, 15) is 14.4 Å². The average Bonchev–Trinajstić information content (AvgIpc) is 2.74. The molecule has 2 aromatic carbocycles. The first-order valence-electron chi connectivity index (χ1n) is 8.68. The van der Waals surface area contributed by atoms with Gasteiger partial charge in [0.2, 0.25) is 0 Å². The van der Waals surface area contributed by atoms with Gasteiger partial charge in [0.1, 0.15) is 0 Å². The topological polar surface area (TPSA) is 99.5 Å². The fourth-order valence-electron chi connectivity index (χ4n) is 2.69. The van der Waals surface area contributed by atoms with Crippen molar-refractivity contribution in [2.45, 2.75) is 6.92 Å². The Morgan fingerprint density at radius 2 is 1.72 bits per heavy atom. The zero-order chi connectivity index (χ0) is 21.0. The molecule has 148 valence electrons. The third-order valence-electron chi connectivity index (χ3n) is 4.19. The number of benzene rings is 2. The van der Waals surface area contributed by atoms with Gasteiger partial charge in [0.15, 0.2) is 11.4 Å². The lowest BCUT2D eigenvalue weighted by molar-refractivity contribution is 0.0602. The minimum Gasteiger partial charge on any atom is -0.494 e. The summed E-state index contributed by atoms with van der Waals surface area (Å²) in [5.41, 5.74) is 1.42. The van der Waals surface area contributed by atoms with Gasteiger partial charge in [-0.1, -0.05) is 29.8 Å². The molecule has 1 heterocycles. The van der Waals surface area contributed by atoms with Gasteiger partial charge in [-0.05, 0) is 31.2 Å². The highest BCUT2D eigenvalue weighted by molar-refractivity contribution is 6.08. The molecular formula is C21H19N3O5. The van der Waals surface area contributed by atoms with Crippen LogP contribution in [0.1, 0.15) is 26.4 Å². The summed E-state index contributed by atoms with van der Waals surface area (Å²) in [6.07, 6.45) is 0. The number of carbonyl (C=O) groups is 2. The zero-order valence-electron chi connectivity index (χ0n) is 16.1. The molecule has 3 rings (SSSR count). The molecule has 1 amide bonds. The average molecular weight is 393 g/mol. The van der Waals surface area contributed by atoms with Crippen LogP contribution in [0.2, 0.25) is 0 Å². The molecule has 0 fully saturated rings. The van der Waals surface area contributed by atoms with E-state index in [1.807, 2.05) is 19.1 Å². The molecule has 8 heteroatoms. The van der Waals surface area contributed by atoms with Gasteiger partial charge in [-0.3, -0.25) is 9.59 Å². The molecule has 1 N–H and O–H groups in total. The number of hydrogen-bond acceptors (Lipinski definition) is 6. The molecule has 0 atom stereocenters. The van der Waals surface area contributed by atoms with Gasteiger partial charge in [-0.25, -0.2) is 4.79 Å². The van der Waals surface area contributed by atoms with Crippen molar-refractivity contribution in [2.75, 3.05) is 19.5 Å². The Hall–Kier alpha value is -3.94. The number of carbonyl (C=O) groups excluding carboxylic acids is 2. The summed E-state index contributed by atoms with van der Waals surface area (Å²) < 4.78 is 11.0. The van der Waals surface area contributed by atoms with E-state index in [-0.39, 0.29) is 22.7 Å². The van der Waals surface area contributed by atoms with E-state index in [0.29, 0.717) is 5.69 Å². The Morgan fingerprint density at radius 1 is 1.03 bits per heavy atom. The number of hydrogen-bond donors (Lipinski definition) is 1. The Balaban J connectivity index is 2.03. The number of rotatable bonds is 5. The first-order valence-corrected chi connectivity index (χ1v) is 8.68. The second-order valence-corrected chi connectivity index (χ2v) is 6.14. The minimum atomic E-state index is -0.640. The Labute approximate surface area is 166 Å². The molecule has 1 aromatic heterocycles. The van der Waals surface area contributed by atoms with Crippen molar-refractivity contribution in [3.63, 3.8) is 0 Å². The quantitative estimate of drug-likeness (QED) is 0.669. The third kappa shape index (κ3) is 4.16. The maximum Gasteiger partial charge on any atom is 0.339 e. The lowest BCUT2D eigenvalue weighted by Gasteiger charge is -2.13. The molecule has 0 saturated heterocycles. The Bertz CT molecular complexity index is 1120. The maximum atomic E-state index is 12.9. The van der Waals surface area contributed by atoms with Gasteiger partial charge in [0.25, 0.3) is 11.5 Å². The maximum absolute atomic E-state index is 12.9. The lowest BCUT2D eigenvalue weighted by Crippen LogP contribution is -2.26. The van der Waals surface area contributed by atoms with E-state index in [1.165, 1.54) is 26.4 Å². The number of methoxy groups -OCH3 is 2. The molecule has 0 bridgehead atoms. The van der Waals surface area contributed by atoms with Crippen LogP contribution in [0.25, 0.3) is 5.69 Å². The second-order valence-electron chi connectivity index (χ2n) is 6.14. The number of anilines is 1. The molecule has 0 saturated carbocycles. The lowest BCUT2D eigenvalue weighted by atomic mass is 10.1.